The molecule has 1 aromatic carbocycles. The van der Waals surface area contributed by atoms with Crippen LogP contribution < -0.4 is 4.74 Å². The van der Waals surface area contributed by atoms with Crippen molar-refractivity contribution in [3.8, 4) is 5.75 Å². The van der Waals surface area contributed by atoms with Gasteiger partial charge in [-0.25, -0.2) is 8.42 Å². The number of halogens is 1. The van der Waals surface area contributed by atoms with Gasteiger partial charge in [-0.3, -0.25) is 4.68 Å². The van der Waals surface area contributed by atoms with Crippen LogP contribution in [0, 0.1) is 13.8 Å². The average Bonchev–Trinajstić information content (AvgIpc) is 2.72. The van der Waals surface area contributed by atoms with Crippen LogP contribution in [0.4, 0.5) is 0 Å². The van der Waals surface area contributed by atoms with E-state index in [-0.39, 0.29) is 17.3 Å². The molecule has 1 heterocycles. The van der Waals surface area contributed by atoms with Crippen molar-refractivity contribution in [1.82, 2.24) is 15.0 Å². The van der Waals surface area contributed by atoms with Gasteiger partial charge >= 0.3 is 0 Å². The van der Waals surface area contributed by atoms with Crippen LogP contribution in [0.2, 0.25) is 0 Å². The Labute approximate surface area is 121 Å². The Kier molecular flexibility index (Phi) is 4.01. The van der Waals surface area contributed by atoms with E-state index < -0.39 is 9.05 Å². The average molecular weight is 316 g/mol. The Bertz CT molecular complexity index is 740. The van der Waals surface area contributed by atoms with Crippen LogP contribution in [0.3, 0.4) is 0 Å². The summed E-state index contributed by atoms with van der Waals surface area (Å²) >= 11 is 0. The topological polar surface area (TPSA) is 74.1 Å². The van der Waals surface area contributed by atoms with Gasteiger partial charge in [0.25, 0.3) is 9.05 Å². The van der Waals surface area contributed by atoms with Crippen molar-refractivity contribution in [3.05, 3.63) is 35.2 Å². The largest absolute Gasteiger partial charge is 0.485 e. The number of hydrogen-bond acceptors (Lipinski definition) is 5. The maximum Gasteiger partial charge on any atom is 0.265 e. The smallest absolute Gasteiger partial charge is 0.265 e. The van der Waals surface area contributed by atoms with Crippen LogP contribution in [0.25, 0.3) is 0 Å². The molecule has 0 aliphatic carbocycles. The molecule has 108 valence electrons. The van der Waals surface area contributed by atoms with Gasteiger partial charge in [-0.05, 0) is 31.0 Å². The minimum absolute atomic E-state index is 0.0273. The lowest BCUT2D eigenvalue weighted by molar-refractivity contribution is 0.291. The monoisotopic (exact) mass is 315 g/mol. The minimum Gasteiger partial charge on any atom is -0.485 e. The lowest BCUT2D eigenvalue weighted by atomic mass is 10.1. The van der Waals surface area contributed by atoms with E-state index in [2.05, 4.69) is 10.3 Å². The van der Waals surface area contributed by atoms with E-state index in [4.69, 9.17) is 15.4 Å². The molecule has 2 rings (SSSR count). The zero-order valence-corrected chi connectivity index (χ0v) is 12.9. The Balaban J connectivity index is 2.35. The van der Waals surface area contributed by atoms with Crippen molar-refractivity contribution in [3.63, 3.8) is 0 Å². The first-order chi connectivity index (χ1) is 9.27. The molecule has 2 aromatic rings. The van der Waals surface area contributed by atoms with Gasteiger partial charge in [-0.1, -0.05) is 11.3 Å². The first kappa shape index (κ1) is 14.8. The van der Waals surface area contributed by atoms with Crippen LogP contribution >= 0.6 is 10.7 Å². The Morgan fingerprint density at radius 3 is 2.60 bits per heavy atom. The fourth-order valence-electron chi connectivity index (χ4n) is 1.89. The Morgan fingerprint density at radius 1 is 1.35 bits per heavy atom. The standard InChI is InChI=1S/C12H14ClN3O3S/c1-8-4-9(2)12(11(5-8)20(13,17)18)19-7-10-6-16(3)15-14-10/h4-6H,7H2,1-3H3. The van der Waals surface area contributed by atoms with Gasteiger partial charge in [0.05, 0.1) is 6.20 Å². The molecule has 0 bridgehead atoms. The highest BCUT2D eigenvalue weighted by atomic mass is 35.7. The normalized spacial score (nSPS) is 11.6. The molecule has 0 aliphatic rings. The van der Waals surface area contributed by atoms with E-state index in [0.717, 1.165) is 5.56 Å². The maximum atomic E-state index is 11.6. The van der Waals surface area contributed by atoms with Gasteiger partial charge in [0.1, 0.15) is 22.9 Å². The molecule has 20 heavy (non-hydrogen) atoms. The van der Waals surface area contributed by atoms with Crippen LogP contribution in [-0.4, -0.2) is 23.4 Å². The summed E-state index contributed by atoms with van der Waals surface area (Å²) in [6, 6.07) is 3.32. The van der Waals surface area contributed by atoms with Crippen molar-refractivity contribution >= 4 is 19.7 Å². The van der Waals surface area contributed by atoms with E-state index >= 15 is 0 Å². The fraction of sp³-hybridized carbons (Fsp3) is 0.333. The van der Waals surface area contributed by atoms with Gasteiger partial charge < -0.3 is 4.74 Å². The third kappa shape index (κ3) is 3.29. The number of hydrogen-bond donors (Lipinski definition) is 0. The third-order valence-corrected chi connectivity index (χ3v) is 3.99. The van der Waals surface area contributed by atoms with Crippen molar-refractivity contribution in [2.45, 2.75) is 25.3 Å². The number of aryl methyl sites for hydroxylation is 3. The summed E-state index contributed by atoms with van der Waals surface area (Å²) in [6.45, 7) is 3.69. The number of nitrogens with zero attached hydrogens (tertiary/aromatic N) is 3. The van der Waals surface area contributed by atoms with E-state index in [1.807, 2.05) is 6.07 Å². The lowest BCUT2D eigenvalue weighted by Gasteiger charge is -2.12. The van der Waals surface area contributed by atoms with Gasteiger partial charge in [-0.15, -0.1) is 5.10 Å². The van der Waals surface area contributed by atoms with Crippen LogP contribution in [-0.2, 0) is 22.7 Å². The molecule has 1 aromatic heterocycles. The summed E-state index contributed by atoms with van der Waals surface area (Å²) < 4.78 is 30.4. The van der Waals surface area contributed by atoms with Gasteiger partial charge in [0.2, 0.25) is 0 Å². The molecule has 0 spiro atoms. The second-order valence-electron chi connectivity index (χ2n) is 4.52. The highest BCUT2D eigenvalue weighted by molar-refractivity contribution is 8.13. The van der Waals surface area contributed by atoms with Gasteiger partial charge in [0, 0.05) is 17.7 Å². The Hall–Kier alpha value is -1.60. The van der Waals surface area contributed by atoms with Crippen molar-refractivity contribution in [2.24, 2.45) is 7.05 Å². The summed E-state index contributed by atoms with van der Waals surface area (Å²) in [6.07, 6.45) is 1.69. The molecule has 0 radical (unpaired) electrons. The Morgan fingerprint density at radius 2 is 2.05 bits per heavy atom. The molecule has 0 unspecified atom stereocenters. The van der Waals surface area contributed by atoms with Crippen molar-refractivity contribution < 1.29 is 13.2 Å². The number of rotatable bonds is 4. The van der Waals surface area contributed by atoms with Gasteiger partial charge in [0.15, 0.2) is 0 Å². The van der Waals surface area contributed by atoms with Crippen molar-refractivity contribution in [1.29, 1.82) is 0 Å². The predicted octanol–water partition coefficient (Wildman–Crippen LogP) is 1.94. The van der Waals surface area contributed by atoms with Gasteiger partial charge in [-0.2, -0.15) is 0 Å². The molecule has 6 nitrogen and oxygen atoms in total. The maximum absolute atomic E-state index is 11.6. The van der Waals surface area contributed by atoms with Crippen LogP contribution in [0.1, 0.15) is 16.8 Å². The molecular formula is C12H14ClN3O3S. The zero-order chi connectivity index (χ0) is 14.9. The fourth-order valence-corrected chi connectivity index (χ4v) is 3.00. The number of ether oxygens (including phenoxy) is 1. The molecule has 0 saturated heterocycles. The summed E-state index contributed by atoms with van der Waals surface area (Å²) in [5.41, 5.74) is 2.10. The SMILES string of the molecule is Cc1cc(C)c(OCc2cn(C)nn2)c(S(=O)(=O)Cl)c1. The molecule has 8 heteroatoms. The number of benzene rings is 1. The second-order valence-corrected chi connectivity index (χ2v) is 7.05. The highest BCUT2D eigenvalue weighted by Gasteiger charge is 2.20. The highest BCUT2D eigenvalue weighted by Crippen LogP contribution is 2.32. The molecule has 0 atom stereocenters. The third-order valence-electron chi connectivity index (χ3n) is 2.66. The molecule has 0 amide bonds. The molecule has 0 fully saturated rings. The molecular weight excluding hydrogens is 302 g/mol. The lowest BCUT2D eigenvalue weighted by Crippen LogP contribution is -2.03. The molecule has 0 aliphatic heterocycles. The first-order valence-electron chi connectivity index (χ1n) is 5.81. The molecule has 0 saturated carbocycles. The van der Waals surface area contributed by atoms with E-state index in [9.17, 15) is 8.42 Å². The van der Waals surface area contributed by atoms with Crippen molar-refractivity contribution in [2.75, 3.05) is 0 Å². The molecule has 0 N–H and O–H groups in total. The quantitative estimate of drug-likeness (QED) is 0.806. The predicted molar refractivity (Wildman–Crippen MR) is 74.3 cm³/mol. The van der Waals surface area contributed by atoms with Crippen LogP contribution in [0.5, 0.6) is 5.75 Å². The minimum atomic E-state index is -3.87. The summed E-state index contributed by atoms with van der Waals surface area (Å²) in [5, 5.41) is 7.65. The van der Waals surface area contributed by atoms with E-state index in [0.29, 0.717) is 11.3 Å². The van der Waals surface area contributed by atoms with E-state index in [1.54, 1.807) is 31.8 Å². The summed E-state index contributed by atoms with van der Waals surface area (Å²) in [4.78, 5) is -0.0273. The number of aromatic nitrogens is 3. The summed E-state index contributed by atoms with van der Waals surface area (Å²) in [5.74, 6) is 0.247. The van der Waals surface area contributed by atoms with Crippen LogP contribution in [0.15, 0.2) is 23.2 Å². The second kappa shape index (κ2) is 5.41. The van der Waals surface area contributed by atoms with E-state index in [1.165, 1.54) is 6.07 Å². The zero-order valence-electron chi connectivity index (χ0n) is 11.3. The first-order valence-corrected chi connectivity index (χ1v) is 8.12. The summed E-state index contributed by atoms with van der Waals surface area (Å²) in [7, 11) is 3.32.